The molecule has 1 unspecified atom stereocenters. The minimum Gasteiger partial charge on any atom is -0.480 e. The molecular formula is C20H22N4O5S. The summed E-state index contributed by atoms with van der Waals surface area (Å²) in [5.41, 5.74) is 2.81. The molecule has 0 bridgehead atoms. The van der Waals surface area contributed by atoms with Crippen LogP contribution in [-0.2, 0) is 27.7 Å². The van der Waals surface area contributed by atoms with Crippen LogP contribution >= 0.6 is 0 Å². The monoisotopic (exact) mass is 430 g/mol. The summed E-state index contributed by atoms with van der Waals surface area (Å²) in [4.78, 5) is 14.2. The fourth-order valence-corrected chi connectivity index (χ4v) is 5.98. The number of amides is 1. The van der Waals surface area contributed by atoms with Gasteiger partial charge in [0.1, 0.15) is 6.10 Å². The molecular weight excluding hydrogens is 408 g/mol. The molecule has 0 radical (unpaired) electrons. The Morgan fingerprint density at radius 3 is 2.50 bits per heavy atom. The summed E-state index contributed by atoms with van der Waals surface area (Å²) in [6, 6.07) is 6.77. The molecule has 3 aliphatic rings. The average molecular weight is 430 g/mol. The Kier molecular flexibility index (Phi) is 4.62. The van der Waals surface area contributed by atoms with Crippen LogP contribution in [-0.4, -0.2) is 61.7 Å². The first-order chi connectivity index (χ1) is 14.5. The molecule has 4 heterocycles. The average Bonchev–Trinajstić information content (AvgIpc) is 3.40. The molecule has 9 nitrogen and oxygen atoms in total. The van der Waals surface area contributed by atoms with Crippen molar-refractivity contribution in [1.82, 2.24) is 14.5 Å². The highest BCUT2D eigenvalue weighted by atomic mass is 32.2. The summed E-state index contributed by atoms with van der Waals surface area (Å²) >= 11 is 0. The zero-order chi connectivity index (χ0) is 20.9. The number of hydrogen-bond donors (Lipinski definition) is 0. The van der Waals surface area contributed by atoms with E-state index < -0.39 is 10.0 Å². The normalized spacial score (nSPS) is 21.0. The van der Waals surface area contributed by atoms with Crippen molar-refractivity contribution in [2.45, 2.75) is 36.7 Å². The highest BCUT2D eigenvalue weighted by molar-refractivity contribution is 7.89. The number of methoxy groups -OCH3 is 1. The molecule has 158 valence electrons. The minimum absolute atomic E-state index is 0.123. The van der Waals surface area contributed by atoms with Gasteiger partial charge in [-0.25, -0.2) is 8.42 Å². The SMILES string of the molecule is COc1ccc(OC2CCN(S(=O)(=O)c3cc4c5c(c3)CCN5C(=O)CC4)C2)nn1. The first-order valence-electron chi connectivity index (χ1n) is 9.96. The van der Waals surface area contributed by atoms with Crippen LogP contribution in [0.5, 0.6) is 11.8 Å². The molecule has 0 N–H and O–H groups in total. The number of hydrogen-bond acceptors (Lipinski definition) is 7. The minimum atomic E-state index is -3.64. The van der Waals surface area contributed by atoms with Gasteiger partial charge in [-0.3, -0.25) is 4.79 Å². The van der Waals surface area contributed by atoms with Crippen molar-refractivity contribution in [3.8, 4) is 11.8 Å². The van der Waals surface area contributed by atoms with Crippen LogP contribution in [0.1, 0.15) is 24.0 Å². The number of benzene rings is 1. The Balaban J connectivity index is 1.34. The van der Waals surface area contributed by atoms with E-state index in [1.54, 1.807) is 29.2 Å². The number of aromatic nitrogens is 2. The lowest BCUT2D eigenvalue weighted by Gasteiger charge is -2.26. The van der Waals surface area contributed by atoms with Gasteiger partial charge in [-0.2, -0.15) is 4.31 Å². The van der Waals surface area contributed by atoms with Crippen molar-refractivity contribution in [3.05, 3.63) is 35.4 Å². The lowest BCUT2D eigenvalue weighted by Crippen LogP contribution is -2.33. The zero-order valence-electron chi connectivity index (χ0n) is 16.6. The largest absolute Gasteiger partial charge is 0.480 e. The molecule has 1 fully saturated rings. The highest BCUT2D eigenvalue weighted by Crippen LogP contribution is 2.39. The van der Waals surface area contributed by atoms with Crippen LogP contribution in [0.3, 0.4) is 0 Å². The lowest BCUT2D eigenvalue weighted by molar-refractivity contribution is -0.118. The van der Waals surface area contributed by atoms with Gasteiger partial charge in [-0.1, -0.05) is 0 Å². The Hall–Kier alpha value is -2.72. The maximum absolute atomic E-state index is 13.3. The number of carbonyl (C=O) groups excluding carboxylic acids is 1. The van der Waals surface area contributed by atoms with E-state index in [2.05, 4.69) is 10.2 Å². The molecule has 1 amide bonds. The van der Waals surface area contributed by atoms with Crippen molar-refractivity contribution in [1.29, 1.82) is 0 Å². The van der Waals surface area contributed by atoms with Gasteiger partial charge in [0, 0.05) is 31.6 Å². The van der Waals surface area contributed by atoms with Gasteiger partial charge >= 0.3 is 0 Å². The second-order valence-corrected chi connectivity index (χ2v) is 9.63. The van der Waals surface area contributed by atoms with E-state index in [-0.39, 0.29) is 18.6 Å². The van der Waals surface area contributed by atoms with Crippen molar-refractivity contribution in [3.63, 3.8) is 0 Å². The molecule has 30 heavy (non-hydrogen) atoms. The molecule has 10 heteroatoms. The highest BCUT2D eigenvalue weighted by Gasteiger charge is 2.37. The predicted molar refractivity (Wildman–Crippen MR) is 107 cm³/mol. The zero-order valence-corrected chi connectivity index (χ0v) is 17.4. The van der Waals surface area contributed by atoms with Crippen LogP contribution in [0.2, 0.25) is 0 Å². The number of rotatable bonds is 5. The molecule has 1 saturated heterocycles. The van der Waals surface area contributed by atoms with Crippen LogP contribution in [0.15, 0.2) is 29.2 Å². The molecule has 1 aromatic carbocycles. The lowest BCUT2D eigenvalue weighted by atomic mass is 10.00. The van der Waals surface area contributed by atoms with Crippen LogP contribution in [0.4, 0.5) is 5.69 Å². The first-order valence-corrected chi connectivity index (χ1v) is 11.4. The number of ether oxygens (including phenoxy) is 2. The maximum atomic E-state index is 13.3. The van der Waals surface area contributed by atoms with Crippen molar-refractivity contribution in [2.24, 2.45) is 0 Å². The summed E-state index contributed by atoms with van der Waals surface area (Å²) in [5, 5.41) is 7.81. The Labute approximate surface area is 174 Å². The second kappa shape index (κ2) is 7.21. The third kappa shape index (κ3) is 3.20. The van der Waals surface area contributed by atoms with Crippen LogP contribution < -0.4 is 14.4 Å². The standard InChI is InChI=1S/C20H22N4O5S/c1-28-17-3-4-18(22-21-17)29-15-7-8-23(12-15)30(26,27)16-10-13-2-5-19(25)24-9-6-14(11-16)20(13)24/h3-4,10-11,15H,2,5-9,12H2,1H3. The summed E-state index contributed by atoms with van der Waals surface area (Å²) in [5.74, 6) is 0.851. The summed E-state index contributed by atoms with van der Waals surface area (Å²) in [6.45, 7) is 1.27. The predicted octanol–water partition coefficient (Wildman–Crippen LogP) is 1.16. The number of carbonyl (C=O) groups is 1. The number of nitrogens with zero attached hydrogens (tertiary/aromatic N) is 4. The van der Waals surface area contributed by atoms with Gasteiger partial charge in [0.2, 0.25) is 27.7 Å². The molecule has 1 aromatic heterocycles. The Bertz CT molecular complexity index is 1100. The van der Waals surface area contributed by atoms with Crippen LogP contribution in [0.25, 0.3) is 0 Å². The van der Waals surface area contributed by atoms with E-state index in [9.17, 15) is 13.2 Å². The van der Waals surface area contributed by atoms with E-state index in [0.717, 1.165) is 16.8 Å². The fourth-order valence-electron chi connectivity index (χ4n) is 4.39. The molecule has 2 aromatic rings. The summed E-state index contributed by atoms with van der Waals surface area (Å²) in [6.07, 6.45) is 2.00. The molecule has 1 atom stereocenters. The molecule has 0 saturated carbocycles. The van der Waals surface area contributed by atoms with E-state index >= 15 is 0 Å². The second-order valence-electron chi connectivity index (χ2n) is 7.69. The quantitative estimate of drug-likeness (QED) is 0.701. The fraction of sp³-hybridized carbons (Fsp3) is 0.450. The smallest absolute Gasteiger partial charge is 0.243 e. The Morgan fingerprint density at radius 1 is 1.03 bits per heavy atom. The van der Waals surface area contributed by atoms with E-state index in [0.29, 0.717) is 55.4 Å². The van der Waals surface area contributed by atoms with E-state index in [4.69, 9.17) is 9.47 Å². The van der Waals surface area contributed by atoms with Gasteiger partial charge < -0.3 is 14.4 Å². The first kappa shape index (κ1) is 19.3. The number of anilines is 1. The van der Waals surface area contributed by atoms with Gasteiger partial charge in [0.15, 0.2) is 0 Å². The topological polar surface area (TPSA) is 102 Å². The molecule has 0 aliphatic carbocycles. The van der Waals surface area contributed by atoms with Crippen molar-refractivity contribution >= 4 is 21.6 Å². The Morgan fingerprint density at radius 2 is 1.77 bits per heavy atom. The van der Waals surface area contributed by atoms with Crippen LogP contribution in [0, 0.1) is 0 Å². The number of sulfonamides is 1. The molecule has 3 aliphatic heterocycles. The summed E-state index contributed by atoms with van der Waals surface area (Å²) < 4.78 is 38.8. The van der Waals surface area contributed by atoms with Crippen molar-refractivity contribution < 1.29 is 22.7 Å². The third-order valence-electron chi connectivity index (χ3n) is 5.88. The van der Waals surface area contributed by atoms with Gasteiger partial charge in [-0.15, -0.1) is 10.2 Å². The van der Waals surface area contributed by atoms with E-state index in [1.807, 2.05) is 0 Å². The maximum Gasteiger partial charge on any atom is 0.243 e. The van der Waals surface area contributed by atoms with Gasteiger partial charge in [0.05, 0.1) is 24.2 Å². The van der Waals surface area contributed by atoms with Gasteiger partial charge in [0.25, 0.3) is 0 Å². The van der Waals surface area contributed by atoms with E-state index in [1.165, 1.54) is 11.4 Å². The number of aryl methyl sites for hydroxylation is 1. The molecule has 0 spiro atoms. The summed E-state index contributed by atoms with van der Waals surface area (Å²) in [7, 11) is -2.14. The third-order valence-corrected chi connectivity index (χ3v) is 7.73. The molecule has 5 rings (SSSR count). The van der Waals surface area contributed by atoms with Gasteiger partial charge in [-0.05, 0) is 42.5 Å². The van der Waals surface area contributed by atoms with Crippen molar-refractivity contribution in [2.75, 3.05) is 31.6 Å².